The number of carbonyl (C=O) groups excluding carboxylic acids is 1. The number of hydrogen-bond acceptors (Lipinski definition) is 4. The Hall–Kier alpha value is -1.93. The van der Waals surface area contributed by atoms with Gasteiger partial charge in [0.2, 0.25) is 15.9 Å². The molecule has 2 aliphatic heterocycles. The molecule has 8 heteroatoms. The predicted molar refractivity (Wildman–Crippen MR) is 96.0 cm³/mol. The second kappa shape index (κ2) is 7.00. The summed E-state index contributed by atoms with van der Waals surface area (Å²) in [6, 6.07) is 6.42. The number of nitrogens with zero attached hydrogens (tertiary/aromatic N) is 2. The molecule has 0 radical (unpaired) electrons. The van der Waals surface area contributed by atoms with Crippen LogP contribution in [0.15, 0.2) is 24.3 Å². The van der Waals surface area contributed by atoms with E-state index in [1.54, 1.807) is 12.1 Å². The number of rotatable bonds is 4. The molecule has 0 saturated carbocycles. The largest absolute Gasteiger partial charge is 0.481 e. The van der Waals surface area contributed by atoms with Crippen molar-refractivity contribution in [3.8, 4) is 0 Å². The highest BCUT2D eigenvalue weighted by Crippen LogP contribution is 2.31. The van der Waals surface area contributed by atoms with Crippen LogP contribution in [-0.4, -0.2) is 59.5 Å². The summed E-state index contributed by atoms with van der Waals surface area (Å²) in [5, 5.41) is 9.58. The van der Waals surface area contributed by atoms with Crippen LogP contribution in [0.1, 0.15) is 37.3 Å². The minimum Gasteiger partial charge on any atom is -0.481 e. The SMILES string of the molecule is CC(C)C(C(=O)N1Cc2ccccc2C(C(=O)O)C1)N1CCCS1(=O)=O. The molecule has 2 atom stereocenters. The molecule has 1 aromatic carbocycles. The Kier molecular flexibility index (Phi) is 5.07. The molecular weight excluding hydrogens is 356 g/mol. The number of amides is 1. The van der Waals surface area contributed by atoms with E-state index in [1.807, 2.05) is 26.0 Å². The van der Waals surface area contributed by atoms with Gasteiger partial charge in [-0.2, -0.15) is 4.31 Å². The summed E-state index contributed by atoms with van der Waals surface area (Å²) < 4.78 is 26.0. The molecule has 2 aliphatic rings. The van der Waals surface area contributed by atoms with Crippen LogP contribution in [0, 0.1) is 5.92 Å². The first-order valence-corrected chi connectivity index (χ1v) is 10.4. The summed E-state index contributed by atoms with van der Waals surface area (Å²) in [4.78, 5) is 26.4. The summed E-state index contributed by atoms with van der Waals surface area (Å²) >= 11 is 0. The van der Waals surface area contributed by atoms with E-state index in [0.717, 1.165) is 11.1 Å². The lowest BCUT2D eigenvalue weighted by Gasteiger charge is -2.38. The molecule has 0 bridgehead atoms. The van der Waals surface area contributed by atoms with Gasteiger partial charge in [-0.05, 0) is 23.5 Å². The lowest BCUT2D eigenvalue weighted by molar-refractivity contribution is -0.143. The first-order chi connectivity index (χ1) is 12.2. The zero-order chi connectivity index (χ0) is 19.1. The molecule has 2 heterocycles. The lowest BCUT2D eigenvalue weighted by atomic mass is 9.89. The number of carboxylic acid groups (broad SMARTS) is 1. The Labute approximate surface area is 153 Å². The Morgan fingerprint density at radius 1 is 1.23 bits per heavy atom. The van der Waals surface area contributed by atoms with Gasteiger partial charge in [-0.3, -0.25) is 9.59 Å². The highest BCUT2D eigenvalue weighted by molar-refractivity contribution is 7.89. The van der Waals surface area contributed by atoms with Crippen LogP contribution in [0.5, 0.6) is 0 Å². The third kappa shape index (κ3) is 3.35. The van der Waals surface area contributed by atoms with Gasteiger partial charge in [0.1, 0.15) is 6.04 Å². The van der Waals surface area contributed by atoms with Gasteiger partial charge in [-0.15, -0.1) is 0 Å². The number of hydrogen-bond donors (Lipinski definition) is 1. The normalized spacial score (nSPS) is 23.7. The molecule has 142 valence electrons. The van der Waals surface area contributed by atoms with Crippen LogP contribution >= 0.6 is 0 Å². The second-order valence-electron chi connectivity index (χ2n) is 7.28. The predicted octanol–water partition coefficient (Wildman–Crippen LogP) is 1.26. The van der Waals surface area contributed by atoms with E-state index in [2.05, 4.69) is 0 Å². The number of sulfonamides is 1. The molecule has 2 unspecified atom stereocenters. The van der Waals surface area contributed by atoms with Crippen molar-refractivity contribution in [1.82, 2.24) is 9.21 Å². The Morgan fingerprint density at radius 3 is 2.50 bits per heavy atom. The fraction of sp³-hybridized carbons (Fsp3) is 0.556. The van der Waals surface area contributed by atoms with E-state index < -0.39 is 28.0 Å². The summed E-state index contributed by atoms with van der Waals surface area (Å²) in [7, 11) is -3.44. The minimum atomic E-state index is -3.44. The maximum Gasteiger partial charge on any atom is 0.312 e. The molecule has 1 aromatic rings. The van der Waals surface area contributed by atoms with E-state index in [-0.39, 0.29) is 24.1 Å². The third-order valence-corrected chi connectivity index (χ3v) is 7.07. The van der Waals surface area contributed by atoms with E-state index in [1.165, 1.54) is 9.21 Å². The number of carbonyl (C=O) groups is 2. The van der Waals surface area contributed by atoms with E-state index >= 15 is 0 Å². The van der Waals surface area contributed by atoms with Crippen molar-refractivity contribution in [2.24, 2.45) is 5.92 Å². The zero-order valence-electron chi connectivity index (χ0n) is 15.0. The molecule has 26 heavy (non-hydrogen) atoms. The number of carboxylic acids is 1. The fourth-order valence-corrected chi connectivity index (χ4v) is 5.70. The van der Waals surface area contributed by atoms with Crippen molar-refractivity contribution in [3.63, 3.8) is 0 Å². The average Bonchev–Trinajstić information content (AvgIpc) is 2.92. The monoisotopic (exact) mass is 380 g/mol. The first kappa shape index (κ1) is 18.8. The standard InChI is InChI=1S/C18H24N2O5S/c1-12(2)16(20-8-5-9-26(20,24)25)17(21)19-10-13-6-3-4-7-14(13)15(11-19)18(22)23/h3-4,6-7,12,15-16H,5,8-11H2,1-2H3,(H,22,23). The number of aliphatic carboxylic acids is 1. The first-order valence-electron chi connectivity index (χ1n) is 8.81. The molecule has 7 nitrogen and oxygen atoms in total. The van der Waals surface area contributed by atoms with E-state index in [0.29, 0.717) is 19.5 Å². The van der Waals surface area contributed by atoms with Crippen LogP contribution in [-0.2, 0) is 26.2 Å². The summed E-state index contributed by atoms with van der Waals surface area (Å²) in [5.41, 5.74) is 1.52. The summed E-state index contributed by atoms with van der Waals surface area (Å²) in [5.74, 6) is -2.23. The molecule has 0 aromatic heterocycles. The second-order valence-corrected chi connectivity index (χ2v) is 9.32. The molecule has 3 rings (SSSR count). The van der Waals surface area contributed by atoms with Crippen molar-refractivity contribution in [2.75, 3.05) is 18.8 Å². The topological polar surface area (TPSA) is 95.0 Å². The van der Waals surface area contributed by atoms with Gasteiger partial charge in [0, 0.05) is 19.6 Å². The average molecular weight is 380 g/mol. The van der Waals surface area contributed by atoms with Crippen molar-refractivity contribution in [3.05, 3.63) is 35.4 Å². The van der Waals surface area contributed by atoms with Crippen molar-refractivity contribution < 1.29 is 23.1 Å². The van der Waals surface area contributed by atoms with Gasteiger partial charge >= 0.3 is 5.97 Å². The molecule has 0 spiro atoms. The van der Waals surface area contributed by atoms with Gasteiger partial charge in [0.25, 0.3) is 0 Å². The van der Waals surface area contributed by atoms with Crippen LogP contribution in [0.3, 0.4) is 0 Å². The molecule has 0 aliphatic carbocycles. The highest BCUT2D eigenvalue weighted by Gasteiger charge is 2.43. The summed E-state index contributed by atoms with van der Waals surface area (Å²) in [6.45, 7) is 4.34. The van der Waals surface area contributed by atoms with E-state index in [4.69, 9.17) is 0 Å². The molecule has 1 amide bonds. The van der Waals surface area contributed by atoms with Gasteiger partial charge in [0.05, 0.1) is 11.7 Å². The van der Waals surface area contributed by atoms with Crippen LogP contribution in [0.4, 0.5) is 0 Å². The Balaban J connectivity index is 1.92. The third-order valence-electron chi connectivity index (χ3n) is 5.14. The zero-order valence-corrected chi connectivity index (χ0v) is 15.8. The van der Waals surface area contributed by atoms with Crippen molar-refractivity contribution in [2.45, 2.75) is 38.8 Å². The van der Waals surface area contributed by atoms with Gasteiger partial charge < -0.3 is 10.0 Å². The molecular formula is C18H24N2O5S. The van der Waals surface area contributed by atoms with Crippen LogP contribution < -0.4 is 0 Å². The summed E-state index contributed by atoms with van der Waals surface area (Å²) in [6.07, 6.45) is 0.513. The molecule has 1 saturated heterocycles. The van der Waals surface area contributed by atoms with Gasteiger partial charge in [-0.1, -0.05) is 38.1 Å². The van der Waals surface area contributed by atoms with Gasteiger partial charge in [-0.25, -0.2) is 8.42 Å². The maximum absolute atomic E-state index is 13.2. The highest BCUT2D eigenvalue weighted by atomic mass is 32.2. The molecule has 1 N–H and O–H groups in total. The van der Waals surface area contributed by atoms with Gasteiger partial charge in [0.15, 0.2) is 0 Å². The Bertz CT molecular complexity index is 821. The van der Waals surface area contributed by atoms with E-state index in [9.17, 15) is 23.1 Å². The quantitative estimate of drug-likeness (QED) is 0.848. The maximum atomic E-state index is 13.2. The molecule has 1 fully saturated rings. The lowest BCUT2D eigenvalue weighted by Crippen LogP contribution is -2.53. The van der Waals surface area contributed by atoms with Crippen molar-refractivity contribution in [1.29, 1.82) is 0 Å². The fourth-order valence-electron chi connectivity index (χ4n) is 3.89. The number of benzene rings is 1. The van der Waals surface area contributed by atoms with Crippen molar-refractivity contribution >= 4 is 21.9 Å². The number of fused-ring (bicyclic) bond motifs is 1. The van der Waals surface area contributed by atoms with Crippen LogP contribution in [0.2, 0.25) is 0 Å². The smallest absolute Gasteiger partial charge is 0.312 e. The minimum absolute atomic E-state index is 0.0578. The van der Waals surface area contributed by atoms with Crippen LogP contribution in [0.25, 0.3) is 0 Å². The Morgan fingerprint density at radius 2 is 1.92 bits per heavy atom.